The van der Waals surface area contributed by atoms with Crippen molar-refractivity contribution >= 4 is 202 Å². The highest BCUT2D eigenvalue weighted by atomic mass is 16.3. The van der Waals surface area contributed by atoms with Crippen molar-refractivity contribution in [2.24, 2.45) is 0 Å². The molecule has 0 aliphatic carbocycles. The van der Waals surface area contributed by atoms with Crippen LogP contribution < -0.4 is 52.4 Å². The molecular weight excluding hydrogens is 1700 g/mol. The van der Waals surface area contributed by atoms with Gasteiger partial charge >= 0.3 is 0 Å². The zero-order chi connectivity index (χ0) is 94.4. The Morgan fingerprint density at radius 3 is 0.886 bits per heavy atom. The van der Waals surface area contributed by atoms with Crippen LogP contribution in [0.15, 0.2) is 409 Å². The van der Waals surface area contributed by atoms with Crippen molar-refractivity contribution in [3.63, 3.8) is 0 Å². The lowest BCUT2D eigenvalue weighted by molar-refractivity contribution is 0.590. The number of nitrogens with zero attached hydrogens (tertiary/aromatic N) is 6. The van der Waals surface area contributed by atoms with Crippen LogP contribution in [0.5, 0.6) is 0 Å². The molecule has 4 aromatic heterocycles. The molecule has 0 unspecified atom stereocenters. The lowest BCUT2D eigenvalue weighted by atomic mass is 9.30. The second kappa shape index (κ2) is 30.6. The van der Waals surface area contributed by atoms with Crippen molar-refractivity contribution < 1.29 is 8.83 Å². The van der Waals surface area contributed by atoms with Gasteiger partial charge in [-0.1, -0.05) is 368 Å². The van der Waals surface area contributed by atoms with Gasteiger partial charge in [0.05, 0.1) is 44.8 Å². The third-order valence-electron chi connectivity index (χ3n) is 30.7. The summed E-state index contributed by atoms with van der Waals surface area (Å²) < 4.78 is 20.1. The van der Waals surface area contributed by atoms with E-state index in [1.54, 1.807) is 0 Å². The minimum Gasteiger partial charge on any atom is -0.454 e. The fourth-order valence-corrected chi connectivity index (χ4v) is 23.8. The van der Waals surface area contributed by atoms with E-state index in [1.807, 2.05) is 0 Å². The Bertz CT molecular complexity index is 9030. The summed E-state index contributed by atoms with van der Waals surface area (Å²) in [5.74, 6) is 0. The summed E-state index contributed by atoms with van der Waals surface area (Å²) in [6, 6.07) is 153. The Hall–Kier alpha value is -16.3. The zero-order valence-electron chi connectivity index (χ0n) is 80.8. The van der Waals surface area contributed by atoms with E-state index in [0.29, 0.717) is 0 Å². The van der Waals surface area contributed by atoms with Gasteiger partial charge in [0.25, 0.3) is 13.4 Å². The quantitative estimate of drug-likeness (QED) is 0.127. The number of para-hydroxylation sites is 8. The van der Waals surface area contributed by atoms with Crippen LogP contribution in [0.3, 0.4) is 0 Å². The van der Waals surface area contributed by atoms with E-state index in [0.717, 1.165) is 201 Å². The maximum absolute atomic E-state index is 7.60. The van der Waals surface area contributed by atoms with Crippen molar-refractivity contribution in [1.29, 1.82) is 0 Å². The Morgan fingerprint density at radius 2 is 0.507 bits per heavy atom. The number of aromatic nitrogens is 2. The van der Waals surface area contributed by atoms with Gasteiger partial charge in [0, 0.05) is 122 Å². The molecule has 0 N–H and O–H groups in total. The molecule has 19 aromatic carbocycles. The first-order chi connectivity index (χ1) is 68.0. The van der Waals surface area contributed by atoms with E-state index in [4.69, 9.17) is 8.83 Å². The van der Waals surface area contributed by atoms with Crippen molar-refractivity contribution in [1.82, 2.24) is 9.13 Å². The average molecular weight is 1800 g/mol. The summed E-state index contributed by atoms with van der Waals surface area (Å²) >= 11 is 0. The molecule has 8 nitrogen and oxygen atoms in total. The molecule has 0 saturated carbocycles. The number of hydrogen-bond acceptors (Lipinski definition) is 6. The van der Waals surface area contributed by atoms with E-state index < -0.39 is 24.3 Å². The van der Waals surface area contributed by atoms with Gasteiger partial charge in [-0.05, 0) is 214 Å². The van der Waals surface area contributed by atoms with Crippen molar-refractivity contribution in [2.75, 3.05) is 19.6 Å². The normalized spacial score (nSPS) is 13.5. The molecule has 0 atom stereocenters. The molecule has 140 heavy (non-hydrogen) atoms. The molecule has 8 heterocycles. The first kappa shape index (κ1) is 83.1. The van der Waals surface area contributed by atoms with Crippen molar-refractivity contribution in [3.8, 4) is 55.9 Å². The largest absolute Gasteiger partial charge is 0.454 e. The van der Waals surface area contributed by atoms with Gasteiger partial charge in [0.2, 0.25) is 0 Å². The van der Waals surface area contributed by atoms with Crippen LogP contribution in [0.25, 0.3) is 143 Å². The second-order valence-electron chi connectivity index (χ2n) is 43.1. The lowest BCUT2D eigenvalue weighted by Gasteiger charge is -2.48. The summed E-state index contributed by atoms with van der Waals surface area (Å²) in [5, 5.41) is 9.11. The van der Waals surface area contributed by atoms with Crippen LogP contribution in [0.2, 0.25) is 0 Å². The Labute approximate surface area is 817 Å². The molecule has 0 saturated heterocycles. The van der Waals surface area contributed by atoms with E-state index in [1.165, 1.54) is 65.6 Å². The second-order valence-corrected chi connectivity index (χ2v) is 43.1. The van der Waals surface area contributed by atoms with Crippen molar-refractivity contribution in [3.05, 3.63) is 423 Å². The summed E-state index contributed by atoms with van der Waals surface area (Å²) in [4.78, 5) is 10.7. The topological polar surface area (TPSA) is 49.1 Å². The number of benzene rings is 19. The monoisotopic (exact) mass is 1800 g/mol. The van der Waals surface area contributed by atoms with Gasteiger partial charge in [0.1, 0.15) is 11.2 Å². The first-order valence-electron chi connectivity index (χ1n) is 49.4. The number of furan rings is 2. The minimum absolute atomic E-state index is 0.0864. The first-order valence-corrected chi connectivity index (χ1v) is 49.4. The van der Waals surface area contributed by atoms with Crippen LogP contribution in [-0.2, 0) is 21.7 Å². The molecule has 0 bridgehead atoms. The van der Waals surface area contributed by atoms with Gasteiger partial charge < -0.3 is 37.6 Å². The van der Waals surface area contributed by atoms with Crippen LogP contribution >= 0.6 is 0 Å². The SMILES string of the molecule is CC(C)(C)c1cc2c3c(c1)N(c1cccc4c1oc1ccccc14)c1cc(-n4c5ccccc5c5cc(C(C)(C)C)ccc54)ccc1B3c1cc3c(cc1N2c1c(-c2ccccc2)cccc1-c1ccccc1)N(c1cccc2c1oc1ccccc12)c1cc(C(C)(C)C)cc2c1B3c1ccc(-n3c4ccccc4c4cc(C(C)(C)C)ccc43)cc1N2c1c(-c2ccccc2)cccc1-c1ccccc1. The molecule has 0 fully saturated rings. The fraction of sp³-hybridized carbons (Fsp3) is 0.123. The summed E-state index contributed by atoms with van der Waals surface area (Å²) in [6.07, 6.45) is 0. The van der Waals surface area contributed by atoms with E-state index in [2.05, 4.69) is 512 Å². The maximum atomic E-state index is 7.60. The number of hydrogen-bond donors (Lipinski definition) is 0. The lowest BCUT2D eigenvalue weighted by Crippen LogP contribution is -2.65. The molecule has 0 radical (unpaired) electrons. The molecule has 10 heteroatoms. The Morgan fingerprint density at radius 1 is 0.200 bits per heavy atom. The standard InChI is InChI=1S/C130H102B2N6O2/c1-127(2,3)83-61-67-107-99(69-83)93-45-25-29-55-105(93)133(107)87-63-65-101-111(75-87)135(109-57-35-53-97-95-47-27-31-59-119(95)139-125(97)109)115-71-85(129(7,8)9)74-118-121(115)131(101)104-77-103-113(78-114(104)138(118)124-91(81-41-21-15-22-42-81)51-34-52-92(124)82-43-23-16-24-44-82)136(110-58-36-54-98-96-48-28-32-60-120(96)140-126(98)110)116-72-86(130(10,11)12)73-117-122(116)132(103)102-66-64-88(134-106-56-30-26-46-94(106)100-70-84(128(4,5)6)62-68-108(100)134)76-112(102)137(117)123-89(79-37-17-13-18-38-79)49-33-50-90(123)80-39-19-14-20-40-80/h13-78H,1-12H3. The van der Waals surface area contributed by atoms with Gasteiger partial charge in [-0.2, -0.15) is 0 Å². The highest BCUT2D eigenvalue weighted by Gasteiger charge is 2.51. The van der Waals surface area contributed by atoms with Crippen LogP contribution in [-0.4, -0.2) is 22.6 Å². The van der Waals surface area contributed by atoms with Crippen LogP contribution in [0, 0.1) is 0 Å². The van der Waals surface area contributed by atoms with Crippen molar-refractivity contribution in [2.45, 2.75) is 105 Å². The van der Waals surface area contributed by atoms with Gasteiger partial charge in [-0.3, -0.25) is 0 Å². The molecule has 670 valence electrons. The zero-order valence-corrected chi connectivity index (χ0v) is 80.8. The highest BCUT2D eigenvalue weighted by Crippen LogP contribution is 2.58. The molecular formula is C130H102B2N6O2. The smallest absolute Gasteiger partial charge is 0.252 e. The van der Waals surface area contributed by atoms with E-state index in [-0.39, 0.29) is 10.8 Å². The third-order valence-corrected chi connectivity index (χ3v) is 30.7. The predicted molar refractivity (Wildman–Crippen MR) is 594 cm³/mol. The molecule has 0 amide bonds. The van der Waals surface area contributed by atoms with Gasteiger partial charge in [0.15, 0.2) is 11.2 Å². The molecule has 27 rings (SSSR count). The van der Waals surface area contributed by atoms with E-state index >= 15 is 0 Å². The molecule has 23 aromatic rings. The minimum atomic E-state index is -0.423. The fourth-order valence-electron chi connectivity index (χ4n) is 23.8. The number of rotatable bonds is 10. The maximum Gasteiger partial charge on any atom is 0.252 e. The molecule has 0 spiro atoms. The van der Waals surface area contributed by atoms with Gasteiger partial charge in [-0.25, -0.2) is 0 Å². The number of fused-ring (bicyclic) bond motifs is 20. The third kappa shape index (κ3) is 12.6. The summed E-state index contributed by atoms with van der Waals surface area (Å²) in [5.41, 5.74) is 42.6. The molecule has 4 aliphatic heterocycles. The van der Waals surface area contributed by atoms with Gasteiger partial charge in [-0.15, -0.1) is 0 Å². The Kier molecular flexibility index (Phi) is 18.2. The van der Waals surface area contributed by atoms with Crippen LogP contribution in [0.1, 0.15) is 105 Å². The average Bonchev–Trinajstić information content (AvgIpc) is 1.30. The summed E-state index contributed by atoms with van der Waals surface area (Å²) in [7, 11) is 0. The highest BCUT2D eigenvalue weighted by molar-refractivity contribution is 7.03. The summed E-state index contributed by atoms with van der Waals surface area (Å²) in [6.45, 7) is 27.5. The predicted octanol–water partition coefficient (Wildman–Crippen LogP) is 31.7. The number of anilines is 12. The Balaban J connectivity index is 0.829. The van der Waals surface area contributed by atoms with Crippen LogP contribution in [0.4, 0.5) is 68.2 Å². The molecule has 4 aliphatic rings. The van der Waals surface area contributed by atoms with E-state index in [9.17, 15) is 0 Å².